The van der Waals surface area contributed by atoms with Crippen molar-refractivity contribution in [3.05, 3.63) is 12.7 Å². The molecule has 25 heavy (non-hydrogen) atoms. The lowest BCUT2D eigenvalue weighted by molar-refractivity contribution is -0.142. The molecule has 1 unspecified atom stereocenters. The van der Waals surface area contributed by atoms with Gasteiger partial charge in [0.15, 0.2) is 0 Å². The number of carbonyl (C=O) groups is 1. The SMILES string of the molecule is C=CC(=O)OC(C)CCCCCCCCCCCCCCCCCC. The minimum atomic E-state index is -0.302. The van der Waals surface area contributed by atoms with Crippen LogP contribution >= 0.6 is 0 Å². The fourth-order valence-corrected chi connectivity index (χ4v) is 3.29. The summed E-state index contributed by atoms with van der Waals surface area (Å²) < 4.78 is 5.17. The summed E-state index contributed by atoms with van der Waals surface area (Å²) >= 11 is 0. The quantitative estimate of drug-likeness (QED) is 0.135. The van der Waals surface area contributed by atoms with E-state index < -0.39 is 0 Å². The molecule has 0 amide bonds. The Morgan fingerprint density at radius 3 is 1.48 bits per heavy atom. The lowest BCUT2D eigenvalue weighted by atomic mass is 10.0. The van der Waals surface area contributed by atoms with Crippen LogP contribution in [0.5, 0.6) is 0 Å². The van der Waals surface area contributed by atoms with Crippen LogP contribution in [0, 0.1) is 0 Å². The third-order valence-electron chi connectivity index (χ3n) is 4.95. The van der Waals surface area contributed by atoms with Crippen LogP contribution in [0.25, 0.3) is 0 Å². The van der Waals surface area contributed by atoms with Crippen molar-refractivity contribution < 1.29 is 9.53 Å². The Hall–Kier alpha value is -0.790. The van der Waals surface area contributed by atoms with E-state index in [-0.39, 0.29) is 12.1 Å². The summed E-state index contributed by atoms with van der Waals surface area (Å²) in [6.07, 6.45) is 24.4. The van der Waals surface area contributed by atoms with E-state index in [1.54, 1.807) is 0 Å². The molecule has 0 rings (SSSR count). The van der Waals surface area contributed by atoms with Gasteiger partial charge < -0.3 is 4.74 Å². The summed E-state index contributed by atoms with van der Waals surface area (Å²) in [7, 11) is 0. The summed E-state index contributed by atoms with van der Waals surface area (Å²) in [6.45, 7) is 7.67. The van der Waals surface area contributed by atoms with Crippen LogP contribution in [0.4, 0.5) is 0 Å². The Morgan fingerprint density at radius 1 is 0.760 bits per heavy atom. The molecule has 0 aromatic heterocycles. The summed E-state index contributed by atoms with van der Waals surface area (Å²) in [4.78, 5) is 11.1. The number of carbonyl (C=O) groups excluding carboxylic acids is 1. The van der Waals surface area contributed by atoms with Gasteiger partial charge in [0.2, 0.25) is 0 Å². The Kier molecular flexibility index (Phi) is 18.9. The van der Waals surface area contributed by atoms with E-state index in [0.29, 0.717) is 0 Å². The molecule has 2 nitrogen and oxygen atoms in total. The molecule has 0 aliphatic heterocycles. The number of hydrogen-bond acceptors (Lipinski definition) is 2. The first kappa shape index (κ1) is 24.2. The molecular formula is C23H44O2. The van der Waals surface area contributed by atoms with Crippen LogP contribution in [-0.4, -0.2) is 12.1 Å². The minimum absolute atomic E-state index is 0.0251. The second kappa shape index (κ2) is 19.5. The predicted molar refractivity (Wildman–Crippen MR) is 110 cm³/mol. The topological polar surface area (TPSA) is 26.3 Å². The van der Waals surface area contributed by atoms with Crippen molar-refractivity contribution in [3.63, 3.8) is 0 Å². The fraction of sp³-hybridized carbons (Fsp3) is 0.870. The zero-order chi connectivity index (χ0) is 18.6. The van der Waals surface area contributed by atoms with E-state index in [9.17, 15) is 4.79 Å². The monoisotopic (exact) mass is 352 g/mol. The Morgan fingerprint density at radius 2 is 1.12 bits per heavy atom. The molecule has 0 aromatic rings. The van der Waals surface area contributed by atoms with E-state index in [1.807, 2.05) is 6.92 Å². The zero-order valence-corrected chi connectivity index (χ0v) is 17.2. The molecule has 0 spiro atoms. The third kappa shape index (κ3) is 19.4. The van der Waals surface area contributed by atoms with E-state index in [0.717, 1.165) is 12.8 Å². The normalized spacial score (nSPS) is 12.1. The number of rotatable bonds is 19. The molecule has 0 heterocycles. The average Bonchev–Trinajstić information content (AvgIpc) is 2.61. The molecule has 0 N–H and O–H groups in total. The van der Waals surface area contributed by atoms with Gasteiger partial charge in [0.25, 0.3) is 0 Å². The molecule has 1 atom stereocenters. The lowest BCUT2D eigenvalue weighted by Gasteiger charge is -2.11. The number of unbranched alkanes of at least 4 members (excludes halogenated alkanes) is 15. The highest BCUT2D eigenvalue weighted by Crippen LogP contribution is 2.14. The van der Waals surface area contributed by atoms with Crippen LogP contribution in [-0.2, 0) is 9.53 Å². The van der Waals surface area contributed by atoms with Gasteiger partial charge in [-0.2, -0.15) is 0 Å². The first-order valence-electron chi connectivity index (χ1n) is 11.0. The Bertz CT molecular complexity index is 298. The zero-order valence-electron chi connectivity index (χ0n) is 17.2. The summed E-state index contributed by atoms with van der Waals surface area (Å²) in [6, 6.07) is 0. The van der Waals surface area contributed by atoms with Crippen LogP contribution in [0.2, 0.25) is 0 Å². The summed E-state index contributed by atoms with van der Waals surface area (Å²) in [5.74, 6) is -0.302. The van der Waals surface area contributed by atoms with Gasteiger partial charge >= 0.3 is 5.97 Å². The molecule has 0 saturated carbocycles. The van der Waals surface area contributed by atoms with Crippen molar-refractivity contribution in [2.24, 2.45) is 0 Å². The van der Waals surface area contributed by atoms with Crippen molar-refractivity contribution in [3.8, 4) is 0 Å². The molecule has 0 radical (unpaired) electrons. The van der Waals surface area contributed by atoms with Gasteiger partial charge in [-0.05, 0) is 19.8 Å². The predicted octanol–water partition coefficient (Wildman–Crippen LogP) is 7.76. The first-order valence-corrected chi connectivity index (χ1v) is 11.0. The molecule has 2 heteroatoms. The van der Waals surface area contributed by atoms with Crippen molar-refractivity contribution in [2.45, 2.75) is 129 Å². The van der Waals surface area contributed by atoms with Crippen molar-refractivity contribution in [1.82, 2.24) is 0 Å². The van der Waals surface area contributed by atoms with Gasteiger partial charge in [-0.25, -0.2) is 4.79 Å². The molecule has 0 bridgehead atoms. The largest absolute Gasteiger partial charge is 0.460 e. The molecule has 148 valence electrons. The van der Waals surface area contributed by atoms with Crippen LogP contribution < -0.4 is 0 Å². The molecular weight excluding hydrogens is 308 g/mol. The summed E-state index contributed by atoms with van der Waals surface area (Å²) in [5, 5.41) is 0. The standard InChI is InChI=1S/C23H44O2/c1-4-6-7-8-9-10-11-12-13-14-15-16-17-18-19-20-21-22(3)25-23(24)5-2/h5,22H,2,4,6-21H2,1,3H3. The highest BCUT2D eigenvalue weighted by atomic mass is 16.5. The van der Waals surface area contributed by atoms with E-state index in [1.165, 1.54) is 102 Å². The average molecular weight is 353 g/mol. The second-order valence-electron chi connectivity index (χ2n) is 7.54. The third-order valence-corrected chi connectivity index (χ3v) is 4.95. The number of hydrogen-bond donors (Lipinski definition) is 0. The smallest absolute Gasteiger partial charge is 0.330 e. The van der Waals surface area contributed by atoms with E-state index in [4.69, 9.17) is 4.74 Å². The molecule has 0 aliphatic carbocycles. The number of esters is 1. The van der Waals surface area contributed by atoms with Crippen LogP contribution in [0.15, 0.2) is 12.7 Å². The maximum atomic E-state index is 11.1. The molecule has 0 aromatic carbocycles. The highest BCUT2D eigenvalue weighted by molar-refractivity contribution is 5.81. The van der Waals surface area contributed by atoms with Gasteiger partial charge in [0, 0.05) is 6.08 Å². The second-order valence-corrected chi connectivity index (χ2v) is 7.54. The summed E-state index contributed by atoms with van der Waals surface area (Å²) in [5.41, 5.74) is 0. The minimum Gasteiger partial charge on any atom is -0.460 e. The van der Waals surface area contributed by atoms with Gasteiger partial charge in [-0.15, -0.1) is 0 Å². The van der Waals surface area contributed by atoms with Crippen molar-refractivity contribution >= 4 is 5.97 Å². The number of ether oxygens (including phenoxy) is 1. The molecule has 0 fully saturated rings. The first-order chi connectivity index (χ1) is 12.2. The lowest BCUT2D eigenvalue weighted by Crippen LogP contribution is -2.12. The van der Waals surface area contributed by atoms with Crippen LogP contribution in [0.3, 0.4) is 0 Å². The van der Waals surface area contributed by atoms with Gasteiger partial charge in [0.1, 0.15) is 0 Å². The maximum Gasteiger partial charge on any atom is 0.330 e. The van der Waals surface area contributed by atoms with Gasteiger partial charge in [-0.1, -0.05) is 110 Å². The van der Waals surface area contributed by atoms with E-state index in [2.05, 4.69) is 13.5 Å². The van der Waals surface area contributed by atoms with Crippen molar-refractivity contribution in [2.75, 3.05) is 0 Å². The Balaban J connectivity index is 3.12. The Labute approximate surface area is 157 Å². The van der Waals surface area contributed by atoms with Gasteiger partial charge in [-0.3, -0.25) is 0 Å². The maximum absolute atomic E-state index is 11.1. The molecule has 0 saturated heterocycles. The van der Waals surface area contributed by atoms with Crippen molar-refractivity contribution in [1.29, 1.82) is 0 Å². The fourth-order valence-electron chi connectivity index (χ4n) is 3.29. The van der Waals surface area contributed by atoms with Gasteiger partial charge in [0.05, 0.1) is 6.10 Å². The highest BCUT2D eigenvalue weighted by Gasteiger charge is 2.05. The van der Waals surface area contributed by atoms with E-state index >= 15 is 0 Å². The molecule has 0 aliphatic rings. The van der Waals surface area contributed by atoms with Crippen LogP contribution in [0.1, 0.15) is 123 Å².